The molecule has 3 nitrogen and oxygen atoms in total. The van der Waals surface area contributed by atoms with E-state index in [9.17, 15) is 4.79 Å². The lowest BCUT2D eigenvalue weighted by atomic mass is 10.2. The molecule has 1 heterocycles. The van der Waals surface area contributed by atoms with Crippen molar-refractivity contribution in [1.82, 2.24) is 4.90 Å². The van der Waals surface area contributed by atoms with Crippen LogP contribution in [0.1, 0.15) is 53.4 Å². The quantitative estimate of drug-likeness (QED) is 0.717. The van der Waals surface area contributed by atoms with Crippen molar-refractivity contribution in [3.63, 3.8) is 0 Å². The van der Waals surface area contributed by atoms with E-state index in [2.05, 4.69) is 13.0 Å². The highest BCUT2D eigenvalue weighted by Gasteiger charge is 2.27. The second-order valence-electron chi connectivity index (χ2n) is 5.22. The fraction of sp³-hybridized carbons (Fsp3) is 0.769. The Hall–Kier alpha value is -0.990. The summed E-state index contributed by atoms with van der Waals surface area (Å²) in [4.78, 5) is 13.7. The molecule has 92 valence electrons. The zero-order valence-electron chi connectivity index (χ0n) is 10.9. The monoisotopic (exact) mass is 225 g/mol. The van der Waals surface area contributed by atoms with E-state index >= 15 is 0 Å². The van der Waals surface area contributed by atoms with Crippen LogP contribution in [0, 0.1) is 0 Å². The van der Waals surface area contributed by atoms with E-state index < -0.39 is 5.60 Å². The first-order chi connectivity index (χ1) is 7.44. The number of allylic oxidation sites excluding steroid dienone is 2. The van der Waals surface area contributed by atoms with Gasteiger partial charge >= 0.3 is 6.09 Å². The summed E-state index contributed by atoms with van der Waals surface area (Å²) in [5.74, 6) is 0. The van der Waals surface area contributed by atoms with E-state index in [1.165, 1.54) is 0 Å². The van der Waals surface area contributed by atoms with Crippen LogP contribution in [0.4, 0.5) is 4.79 Å². The van der Waals surface area contributed by atoms with Crippen LogP contribution in [0.5, 0.6) is 0 Å². The van der Waals surface area contributed by atoms with Gasteiger partial charge in [0.2, 0.25) is 0 Å². The van der Waals surface area contributed by atoms with Crippen molar-refractivity contribution in [1.29, 1.82) is 0 Å². The van der Waals surface area contributed by atoms with Gasteiger partial charge in [-0.3, -0.25) is 4.90 Å². The summed E-state index contributed by atoms with van der Waals surface area (Å²) < 4.78 is 5.38. The molecule has 1 aliphatic rings. The number of hydrogen-bond acceptors (Lipinski definition) is 2. The molecule has 0 radical (unpaired) electrons. The van der Waals surface area contributed by atoms with Crippen LogP contribution >= 0.6 is 0 Å². The molecule has 0 spiro atoms. The molecular weight excluding hydrogens is 202 g/mol. The minimum absolute atomic E-state index is 0.202. The van der Waals surface area contributed by atoms with Crippen LogP contribution in [0.2, 0.25) is 0 Å². The Morgan fingerprint density at radius 2 is 2.19 bits per heavy atom. The Kier molecular flexibility index (Phi) is 4.39. The maximum atomic E-state index is 11.9. The molecule has 0 unspecified atom stereocenters. The standard InChI is InChI=1S/C13H23NO2/c1-5-6-8-11-9-7-10-14(11)12(15)16-13(2,3)4/h8H,5-7,9-10H2,1-4H3/b11-8+. The molecular formula is C13H23NO2. The highest BCUT2D eigenvalue weighted by Crippen LogP contribution is 2.24. The number of carbonyl (C=O) groups is 1. The van der Waals surface area contributed by atoms with Gasteiger partial charge in [0.05, 0.1) is 0 Å². The Balaban J connectivity index is 2.61. The molecule has 0 atom stereocenters. The SMILES string of the molecule is CCC/C=C1\CCCN1C(=O)OC(C)(C)C. The molecule has 0 aromatic carbocycles. The minimum atomic E-state index is -0.407. The molecule has 1 saturated heterocycles. The van der Waals surface area contributed by atoms with E-state index in [0.29, 0.717) is 0 Å². The first kappa shape index (κ1) is 13.1. The Bertz CT molecular complexity index is 276. The molecule has 1 fully saturated rings. The maximum absolute atomic E-state index is 11.9. The van der Waals surface area contributed by atoms with E-state index in [4.69, 9.17) is 4.74 Å². The molecule has 0 bridgehead atoms. The topological polar surface area (TPSA) is 29.5 Å². The second-order valence-corrected chi connectivity index (χ2v) is 5.22. The highest BCUT2D eigenvalue weighted by atomic mass is 16.6. The lowest BCUT2D eigenvalue weighted by Crippen LogP contribution is -2.34. The molecule has 0 N–H and O–H groups in total. The predicted molar refractivity (Wildman–Crippen MR) is 65.2 cm³/mol. The summed E-state index contributed by atoms with van der Waals surface area (Å²) in [6, 6.07) is 0. The third kappa shape index (κ3) is 3.87. The summed E-state index contributed by atoms with van der Waals surface area (Å²) >= 11 is 0. The van der Waals surface area contributed by atoms with Gasteiger partial charge in [-0.05, 0) is 40.0 Å². The molecule has 1 aliphatic heterocycles. The molecule has 1 amide bonds. The predicted octanol–water partition coefficient (Wildman–Crippen LogP) is 3.70. The van der Waals surface area contributed by atoms with Crippen molar-refractivity contribution < 1.29 is 9.53 Å². The largest absolute Gasteiger partial charge is 0.443 e. The van der Waals surface area contributed by atoms with Crippen molar-refractivity contribution in [2.45, 2.75) is 59.0 Å². The summed E-state index contributed by atoms with van der Waals surface area (Å²) in [5, 5.41) is 0. The molecule has 0 aromatic heterocycles. The first-order valence-corrected chi connectivity index (χ1v) is 6.13. The first-order valence-electron chi connectivity index (χ1n) is 6.13. The number of carbonyl (C=O) groups excluding carboxylic acids is 1. The van der Waals surface area contributed by atoms with E-state index in [1.54, 1.807) is 4.90 Å². The smallest absolute Gasteiger partial charge is 0.414 e. The van der Waals surface area contributed by atoms with Crippen molar-refractivity contribution in [2.24, 2.45) is 0 Å². The molecule has 0 saturated carbocycles. The normalized spacial score (nSPS) is 19.2. The van der Waals surface area contributed by atoms with E-state index in [1.807, 2.05) is 20.8 Å². The molecule has 0 aromatic rings. The molecule has 1 rings (SSSR count). The summed E-state index contributed by atoms with van der Waals surface area (Å²) in [6.45, 7) is 8.64. The maximum Gasteiger partial charge on any atom is 0.414 e. The summed E-state index contributed by atoms with van der Waals surface area (Å²) in [5.41, 5.74) is 0.728. The van der Waals surface area contributed by atoms with Gasteiger partial charge in [-0.1, -0.05) is 19.4 Å². The zero-order chi connectivity index (χ0) is 12.2. The molecule has 0 aliphatic carbocycles. The van der Waals surface area contributed by atoms with Gasteiger partial charge in [0.25, 0.3) is 0 Å². The number of unbranched alkanes of at least 4 members (excludes halogenated alkanes) is 1. The van der Waals surface area contributed by atoms with E-state index in [-0.39, 0.29) is 6.09 Å². The Morgan fingerprint density at radius 1 is 1.50 bits per heavy atom. The lowest BCUT2D eigenvalue weighted by Gasteiger charge is -2.25. The fourth-order valence-corrected chi connectivity index (χ4v) is 1.75. The van der Waals surface area contributed by atoms with Gasteiger partial charge in [-0.25, -0.2) is 4.79 Å². The van der Waals surface area contributed by atoms with Crippen molar-refractivity contribution >= 4 is 6.09 Å². The Morgan fingerprint density at radius 3 is 2.75 bits per heavy atom. The van der Waals surface area contributed by atoms with Crippen LogP contribution < -0.4 is 0 Å². The Labute approximate surface area is 98.5 Å². The number of nitrogens with zero attached hydrogens (tertiary/aromatic N) is 1. The zero-order valence-corrected chi connectivity index (χ0v) is 10.9. The van der Waals surface area contributed by atoms with Crippen LogP contribution in [-0.2, 0) is 4.74 Å². The van der Waals surface area contributed by atoms with Gasteiger partial charge in [0.15, 0.2) is 0 Å². The van der Waals surface area contributed by atoms with Crippen LogP contribution in [0.15, 0.2) is 11.8 Å². The van der Waals surface area contributed by atoms with Crippen molar-refractivity contribution in [3.05, 3.63) is 11.8 Å². The van der Waals surface area contributed by atoms with Gasteiger partial charge in [-0.2, -0.15) is 0 Å². The fourth-order valence-electron chi connectivity index (χ4n) is 1.75. The number of amides is 1. The third-order valence-electron chi connectivity index (χ3n) is 2.44. The highest BCUT2D eigenvalue weighted by molar-refractivity contribution is 5.71. The van der Waals surface area contributed by atoms with Crippen LogP contribution in [0.25, 0.3) is 0 Å². The second kappa shape index (κ2) is 5.37. The van der Waals surface area contributed by atoms with Crippen molar-refractivity contribution in [2.75, 3.05) is 6.54 Å². The van der Waals surface area contributed by atoms with Crippen molar-refractivity contribution in [3.8, 4) is 0 Å². The van der Waals surface area contributed by atoms with Crippen LogP contribution in [-0.4, -0.2) is 23.1 Å². The molecule has 3 heteroatoms. The number of hydrogen-bond donors (Lipinski definition) is 0. The van der Waals surface area contributed by atoms with Crippen LogP contribution in [0.3, 0.4) is 0 Å². The van der Waals surface area contributed by atoms with Gasteiger partial charge in [0.1, 0.15) is 5.60 Å². The third-order valence-corrected chi connectivity index (χ3v) is 2.44. The number of ether oxygens (including phenoxy) is 1. The van der Waals surface area contributed by atoms with Gasteiger partial charge in [0, 0.05) is 12.2 Å². The average molecular weight is 225 g/mol. The minimum Gasteiger partial charge on any atom is -0.443 e. The lowest BCUT2D eigenvalue weighted by molar-refractivity contribution is 0.0338. The van der Waals surface area contributed by atoms with Gasteiger partial charge in [-0.15, -0.1) is 0 Å². The number of likely N-dealkylation sites (tertiary alicyclic amines) is 1. The van der Waals surface area contributed by atoms with Gasteiger partial charge < -0.3 is 4.74 Å². The number of rotatable bonds is 2. The summed E-state index contributed by atoms with van der Waals surface area (Å²) in [7, 11) is 0. The average Bonchev–Trinajstić information content (AvgIpc) is 2.59. The molecule has 16 heavy (non-hydrogen) atoms. The van der Waals surface area contributed by atoms with E-state index in [0.717, 1.165) is 37.9 Å². The summed E-state index contributed by atoms with van der Waals surface area (Å²) in [6.07, 6.45) is 6.16.